The first-order valence-electron chi connectivity index (χ1n) is 13.7. The summed E-state index contributed by atoms with van der Waals surface area (Å²) in [6, 6.07) is 2.64. The number of fused-ring (bicyclic) bond motifs is 1. The van der Waals surface area contributed by atoms with Crippen molar-refractivity contribution in [2.24, 2.45) is 0 Å². The highest BCUT2D eigenvalue weighted by Gasteiger charge is 2.33. The lowest BCUT2D eigenvalue weighted by atomic mass is 9.79. The van der Waals surface area contributed by atoms with E-state index in [1.807, 2.05) is 11.8 Å². The number of rotatable bonds is 6. The van der Waals surface area contributed by atoms with Crippen molar-refractivity contribution < 1.29 is 17.6 Å². The number of pyridine rings is 2. The number of carbonyl (C=O) groups is 1. The highest BCUT2D eigenvalue weighted by atomic mass is 32.2. The Bertz CT molecular complexity index is 1950. The maximum atomic E-state index is 15.8. The van der Waals surface area contributed by atoms with E-state index in [4.69, 9.17) is 5.73 Å². The third-order valence-electron chi connectivity index (χ3n) is 8.05. The summed E-state index contributed by atoms with van der Waals surface area (Å²) < 4.78 is 43.0. The van der Waals surface area contributed by atoms with Crippen LogP contribution >= 0.6 is 11.3 Å². The van der Waals surface area contributed by atoms with E-state index in [0.29, 0.717) is 25.2 Å². The maximum Gasteiger partial charge on any atom is 0.355 e. The zero-order chi connectivity index (χ0) is 30.6. The standard InChI is InChI=1S/C28H29FN8O4S2/c1-4-20(38)35-10-11-36(15(2)13-35)25-18-12-19(29)21(22-24(30)42-14-32-22)33-26(18)37(28(39)34-25)23-17(16-6-5-7-16)8-9-31-27(23)43(3,40)41/h4,8-9,12,14-16H,1,5-7,10-11,13,30H2,2-3H3/t15-/m0/s1. The second kappa shape index (κ2) is 10.8. The molecular weight excluding hydrogens is 595 g/mol. The molecule has 4 aromatic heterocycles. The monoisotopic (exact) mass is 624 g/mol. The van der Waals surface area contributed by atoms with Crippen molar-refractivity contribution in [2.45, 2.75) is 43.2 Å². The first kappa shape index (κ1) is 28.9. The molecule has 5 heterocycles. The largest absolute Gasteiger partial charge is 0.389 e. The molecule has 1 aliphatic carbocycles. The van der Waals surface area contributed by atoms with E-state index in [0.717, 1.165) is 41.4 Å². The summed E-state index contributed by atoms with van der Waals surface area (Å²) in [5, 5.41) is 0.132. The number of nitrogens with zero attached hydrogens (tertiary/aromatic N) is 7. The van der Waals surface area contributed by atoms with Crippen LogP contribution in [0.25, 0.3) is 28.1 Å². The predicted octanol–water partition coefficient (Wildman–Crippen LogP) is 2.91. The third kappa shape index (κ3) is 4.95. The second-order valence-electron chi connectivity index (χ2n) is 10.8. The number of anilines is 2. The number of halogens is 1. The van der Waals surface area contributed by atoms with Gasteiger partial charge < -0.3 is 15.5 Å². The third-order valence-corrected chi connectivity index (χ3v) is 9.71. The summed E-state index contributed by atoms with van der Waals surface area (Å²) in [6.45, 7) is 6.39. The molecule has 1 saturated carbocycles. The van der Waals surface area contributed by atoms with Gasteiger partial charge in [0.1, 0.15) is 22.2 Å². The molecular formula is C28H29FN8O4S2. The van der Waals surface area contributed by atoms with Crippen LogP contribution in [0.5, 0.6) is 0 Å². The lowest BCUT2D eigenvalue weighted by Crippen LogP contribution is -2.54. The highest BCUT2D eigenvalue weighted by molar-refractivity contribution is 7.90. The number of nitrogens with two attached hydrogens (primary N) is 1. The normalized spacial score (nSPS) is 17.7. The van der Waals surface area contributed by atoms with E-state index in [1.54, 1.807) is 11.0 Å². The number of hydrogen-bond acceptors (Lipinski definition) is 11. The van der Waals surface area contributed by atoms with Crippen molar-refractivity contribution >= 4 is 48.9 Å². The van der Waals surface area contributed by atoms with E-state index in [9.17, 15) is 18.0 Å². The lowest BCUT2D eigenvalue weighted by molar-refractivity contribution is -0.126. The van der Waals surface area contributed by atoms with Gasteiger partial charge in [-0.05, 0) is 49.5 Å². The van der Waals surface area contributed by atoms with Crippen molar-refractivity contribution in [1.82, 2.24) is 29.4 Å². The summed E-state index contributed by atoms with van der Waals surface area (Å²) >= 11 is 1.11. The number of piperazine rings is 1. The number of nitrogen functional groups attached to an aromatic ring is 1. The Morgan fingerprint density at radius 1 is 1.21 bits per heavy atom. The van der Waals surface area contributed by atoms with Crippen LogP contribution in [0.1, 0.15) is 37.7 Å². The molecule has 0 unspecified atom stereocenters. The van der Waals surface area contributed by atoms with Crippen LogP contribution in [-0.2, 0) is 14.6 Å². The molecule has 224 valence electrons. The molecule has 43 heavy (non-hydrogen) atoms. The number of hydrogen-bond donors (Lipinski definition) is 1. The molecule has 15 heteroatoms. The van der Waals surface area contributed by atoms with Gasteiger partial charge in [0.15, 0.2) is 26.3 Å². The van der Waals surface area contributed by atoms with Crippen LogP contribution in [0.2, 0.25) is 0 Å². The Balaban J connectivity index is 1.66. The smallest absolute Gasteiger partial charge is 0.355 e. The minimum atomic E-state index is -3.92. The Hall–Kier alpha value is -4.24. The van der Waals surface area contributed by atoms with Crippen LogP contribution < -0.4 is 16.3 Å². The zero-order valence-corrected chi connectivity index (χ0v) is 25.2. The lowest BCUT2D eigenvalue weighted by Gasteiger charge is -2.40. The quantitative estimate of drug-likeness (QED) is 0.316. The zero-order valence-electron chi connectivity index (χ0n) is 23.5. The summed E-state index contributed by atoms with van der Waals surface area (Å²) in [7, 11) is -3.92. The van der Waals surface area contributed by atoms with E-state index in [2.05, 4.69) is 26.5 Å². The van der Waals surface area contributed by atoms with Gasteiger partial charge in [-0.2, -0.15) is 4.98 Å². The molecule has 1 amide bonds. The molecule has 0 spiro atoms. The number of amides is 1. The van der Waals surface area contributed by atoms with Gasteiger partial charge in [0.25, 0.3) is 0 Å². The van der Waals surface area contributed by atoms with Crippen LogP contribution in [0, 0.1) is 5.82 Å². The van der Waals surface area contributed by atoms with E-state index in [1.165, 1.54) is 23.8 Å². The molecule has 0 bridgehead atoms. The SMILES string of the molecule is C=CC(=O)N1CCN(c2nc(=O)n(-c3c(C4CCC4)ccnc3S(C)(=O)=O)c3nc(-c4ncsc4N)c(F)cc23)[C@@H](C)C1. The van der Waals surface area contributed by atoms with Gasteiger partial charge in [-0.15, -0.1) is 11.3 Å². The minimum absolute atomic E-state index is 0.00438. The number of thiazole rings is 1. The molecule has 2 aliphatic rings. The number of carbonyl (C=O) groups excluding carboxylic acids is 1. The van der Waals surface area contributed by atoms with Crippen molar-refractivity contribution in [1.29, 1.82) is 0 Å². The number of aromatic nitrogens is 5. The maximum absolute atomic E-state index is 15.8. The molecule has 2 fully saturated rings. The average Bonchev–Trinajstić information content (AvgIpc) is 3.36. The van der Waals surface area contributed by atoms with Gasteiger partial charge in [-0.3, -0.25) is 4.79 Å². The van der Waals surface area contributed by atoms with Gasteiger partial charge in [0, 0.05) is 38.1 Å². The van der Waals surface area contributed by atoms with Crippen LogP contribution in [-0.4, -0.2) is 75.7 Å². The topological polar surface area (TPSA) is 157 Å². The van der Waals surface area contributed by atoms with E-state index >= 15 is 4.39 Å². The molecule has 0 radical (unpaired) electrons. The average molecular weight is 625 g/mol. The summed E-state index contributed by atoms with van der Waals surface area (Å²) in [5.41, 5.74) is 7.37. The molecule has 1 saturated heterocycles. The van der Waals surface area contributed by atoms with Gasteiger partial charge in [0.05, 0.1) is 16.6 Å². The second-order valence-corrected chi connectivity index (χ2v) is 13.6. The first-order valence-corrected chi connectivity index (χ1v) is 16.5. The fourth-order valence-corrected chi connectivity index (χ4v) is 7.07. The highest BCUT2D eigenvalue weighted by Crippen LogP contribution is 2.41. The number of sulfone groups is 1. The molecule has 2 N–H and O–H groups in total. The van der Waals surface area contributed by atoms with Crippen LogP contribution in [0.15, 0.2) is 46.3 Å². The molecule has 1 aliphatic heterocycles. The van der Waals surface area contributed by atoms with Crippen molar-refractivity contribution in [3.05, 3.63) is 58.4 Å². The van der Waals surface area contributed by atoms with Crippen LogP contribution in [0.4, 0.5) is 15.2 Å². The fourth-order valence-electron chi connectivity index (χ4n) is 5.72. The minimum Gasteiger partial charge on any atom is -0.389 e. The first-order chi connectivity index (χ1) is 20.5. The Labute approximate surface area is 250 Å². The summed E-state index contributed by atoms with van der Waals surface area (Å²) in [4.78, 5) is 47.2. The molecule has 1 atom stereocenters. The fraction of sp³-hybridized carbons (Fsp3) is 0.357. The Kier molecular flexibility index (Phi) is 7.24. The van der Waals surface area contributed by atoms with Gasteiger partial charge in [-0.25, -0.2) is 37.1 Å². The van der Waals surface area contributed by atoms with Gasteiger partial charge in [0.2, 0.25) is 5.91 Å². The Morgan fingerprint density at radius 2 is 1.98 bits per heavy atom. The summed E-state index contributed by atoms with van der Waals surface area (Å²) in [5.74, 6) is -0.773. The van der Waals surface area contributed by atoms with E-state index in [-0.39, 0.29) is 61.8 Å². The van der Waals surface area contributed by atoms with Gasteiger partial charge >= 0.3 is 5.69 Å². The molecule has 4 aromatic rings. The van der Waals surface area contributed by atoms with Crippen molar-refractivity contribution in [3.63, 3.8) is 0 Å². The Morgan fingerprint density at radius 3 is 2.58 bits per heavy atom. The molecule has 12 nitrogen and oxygen atoms in total. The predicted molar refractivity (Wildman–Crippen MR) is 162 cm³/mol. The molecule has 6 rings (SSSR count). The summed E-state index contributed by atoms with van der Waals surface area (Å²) in [6.07, 6.45) is 6.28. The van der Waals surface area contributed by atoms with E-state index < -0.39 is 21.3 Å². The molecule has 0 aromatic carbocycles. The van der Waals surface area contributed by atoms with Crippen molar-refractivity contribution in [2.75, 3.05) is 36.5 Å². The van der Waals surface area contributed by atoms with Crippen LogP contribution in [0.3, 0.4) is 0 Å². The van der Waals surface area contributed by atoms with Crippen molar-refractivity contribution in [3.8, 4) is 17.1 Å². The van der Waals surface area contributed by atoms with Gasteiger partial charge in [-0.1, -0.05) is 13.0 Å².